The summed E-state index contributed by atoms with van der Waals surface area (Å²) in [5.74, 6) is -2.62. The van der Waals surface area contributed by atoms with E-state index in [0.29, 0.717) is 5.75 Å². The predicted molar refractivity (Wildman–Crippen MR) is 67.2 cm³/mol. The maximum absolute atomic E-state index is 13.4. The maximum atomic E-state index is 13.4. The third kappa shape index (κ3) is 2.78. The van der Waals surface area contributed by atoms with Crippen LogP contribution in [0.1, 0.15) is 21.5 Å². The van der Waals surface area contributed by atoms with Crippen LogP contribution in [-0.4, -0.2) is 5.97 Å². The predicted octanol–water partition coefficient (Wildman–Crippen LogP) is 3.80. The van der Waals surface area contributed by atoms with Crippen LogP contribution in [0.2, 0.25) is 0 Å². The third-order valence-corrected chi connectivity index (χ3v) is 2.70. The quantitative estimate of drug-likeness (QED) is 0.607. The Hall–Kier alpha value is -2.23. The van der Waals surface area contributed by atoms with Crippen LogP contribution in [0.4, 0.5) is 8.78 Å². The van der Waals surface area contributed by atoms with Crippen molar-refractivity contribution in [1.82, 2.24) is 0 Å². The fraction of sp³-hybridized carbons (Fsp3) is 0.133. The molecule has 19 heavy (non-hydrogen) atoms. The van der Waals surface area contributed by atoms with Crippen LogP contribution in [-0.2, 0) is 0 Å². The Kier molecular flexibility index (Phi) is 3.60. The van der Waals surface area contributed by atoms with Gasteiger partial charge in [-0.05, 0) is 37.6 Å². The molecular formula is C15H12F2O2. The van der Waals surface area contributed by atoms with Gasteiger partial charge in [0.05, 0.1) is 0 Å². The zero-order chi connectivity index (χ0) is 14.0. The normalized spacial score (nSPS) is 10.3. The minimum absolute atomic E-state index is 0.290. The largest absolute Gasteiger partial charge is 0.423 e. The SMILES string of the molecule is Cc1ccc(OC(=O)c2c(F)cccc2F)c(C)c1. The van der Waals surface area contributed by atoms with Crippen molar-refractivity contribution in [3.8, 4) is 5.75 Å². The van der Waals surface area contributed by atoms with E-state index in [1.165, 1.54) is 6.07 Å². The lowest BCUT2D eigenvalue weighted by atomic mass is 10.1. The first-order chi connectivity index (χ1) is 8.99. The van der Waals surface area contributed by atoms with Crippen molar-refractivity contribution in [3.63, 3.8) is 0 Å². The van der Waals surface area contributed by atoms with Gasteiger partial charge in [-0.1, -0.05) is 23.8 Å². The molecule has 0 radical (unpaired) electrons. The first-order valence-electron chi connectivity index (χ1n) is 5.72. The van der Waals surface area contributed by atoms with Crippen molar-refractivity contribution in [2.45, 2.75) is 13.8 Å². The standard InChI is InChI=1S/C15H12F2O2/c1-9-6-7-13(10(2)8-9)19-15(18)14-11(16)4-3-5-12(14)17/h3-8H,1-2H3. The molecule has 0 saturated heterocycles. The van der Waals surface area contributed by atoms with Crippen molar-refractivity contribution in [2.75, 3.05) is 0 Å². The maximum Gasteiger partial charge on any atom is 0.349 e. The summed E-state index contributed by atoms with van der Waals surface area (Å²) in [4.78, 5) is 11.8. The lowest BCUT2D eigenvalue weighted by molar-refractivity contribution is 0.0723. The van der Waals surface area contributed by atoms with E-state index < -0.39 is 23.2 Å². The van der Waals surface area contributed by atoms with Gasteiger partial charge in [-0.25, -0.2) is 13.6 Å². The van der Waals surface area contributed by atoms with Crippen molar-refractivity contribution >= 4 is 5.97 Å². The molecule has 4 heteroatoms. The summed E-state index contributed by atoms with van der Waals surface area (Å²) in [6.45, 7) is 3.66. The fourth-order valence-electron chi connectivity index (χ4n) is 1.76. The number of carbonyl (C=O) groups is 1. The lowest BCUT2D eigenvalue weighted by Crippen LogP contribution is -2.13. The molecule has 0 N–H and O–H groups in total. The van der Waals surface area contributed by atoms with Crippen LogP contribution in [0, 0.1) is 25.5 Å². The molecule has 2 aromatic rings. The van der Waals surface area contributed by atoms with Crippen LogP contribution in [0.25, 0.3) is 0 Å². The topological polar surface area (TPSA) is 26.3 Å². The minimum Gasteiger partial charge on any atom is -0.423 e. The van der Waals surface area contributed by atoms with E-state index in [9.17, 15) is 13.6 Å². The zero-order valence-corrected chi connectivity index (χ0v) is 10.5. The number of halogens is 2. The van der Waals surface area contributed by atoms with Gasteiger partial charge in [-0.3, -0.25) is 0 Å². The Labute approximate surface area is 109 Å². The molecule has 0 bridgehead atoms. The second-order valence-corrected chi connectivity index (χ2v) is 4.26. The van der Waals surface area contributed by atoms with Gasteiger partial charge in [0.15, 0.2) is 0 Å². The third-order valence-electron chi connectivity index (χ3n) is 2.70. The number of rotatable bonds is 2. The fourth-order valence-corrected chi connectivity index (χ4v) is 1.76. The van der Waals surface area contributed by atoms with Gasteiger partial charge in [0, 0.05) is 0 Å². The summed E-state index contributed by atoms with van der Waals surface area (Å²) in [6, 6.07) is 8.40. The monoisotopic (exact) mass is 262 g/mol. The molecule has 2 aromatic carbocycles. The molecule has 0 aliphatic heterocycles. The van der Waals surface area contributed by atoms with Crippen LogP contribution >= 0.6 is 0 Å². The second kappa shape index (κ2) is 5.18. The summed E-state index contributed by atoms with van der Waals surface area (Å²) in [5, 5.41) is 0. The number of hydrogen-bond acceptors (Lipinski definition) is 2. The molecule has 2 rings (SSSR count). The van der Waals surface area contributed by atoms with Gasteiger partial charge in [0.1, 0.15) is 22.9 Å². The van der Waals surface area contributed by atoms with E-state index >= 15 is 0 Å². The van der Waals surface area contributed by atoms with Crippen LogP contribution in [0.5, 0.6) is 5.75 Å². The van der Waals surface area contributed by atoms with Crippen LogP contribution in [0.15, 0.2) is 36.4 Å². The highest BCUT2D eigenvalue weighted by molar-refractivity contribution is 5.91. The average Bonchev–Trinajstić information content (AvgIpc) is 2.32. The van der Waals surface area contributed by atoms with Crippen molar-refractivity contribution in [2.24, 2.45) is 0 Å². The van der Waals surface area contributed by atoms with Gasteiger partial charge in [-0.15, -0.1) is 0 Å². The highest BCUT2D eigenvalue weighted by Gasteiger charge is 2.19. The number of ether oxygens (including phenoxy) is 1. The summed E-state index contributed by atoms with van der Waals surface area (Å²) >= 11 is 0. The molecule has 0 aromatic heterocycles. The molecular weight excluding hydrogens is 250 g/mol. The first kappa shape index (κ1) is 13.2. The van der Waals surface area contributed by atoms with E-state index in [1.807, 2.05) is 13.0 Å². The Balaban J connectivity index is 2.31. The summed E-state index contributed by atoms with van der Waals surface area (Å²) in [5.41, 5.74) is 1.06. The van der Waals surface area contributed by atoms with Crippen LogP contribution in [0.3, 0.4) is 0 Å². The Morgan fingerprint density at radius 1 is 1.05 bits per heavy atom. The highest BCUT2D eigenvalue weighted by Crippen LogP contribution is 2.21. The number of benzene rings is 2. The Morgan fingerprint density at radius 2 is 1.68 bits per heavy atom. The molecule has 0 amide bonds. The molecule has 0 unspecified atom stereocenters. The first-order valence-corrected chi connectivity index (χ1v) is 5.72. The van der Waals surface area contributed by atoms with Gasteiger partial charge < -0.3 is 4.74 Å². The van der Waals surface area contributed by atoms with Crippen molar-refractivity contribution in [3.05, 3.63) is 64.7 Å². The Morgan fingerprint density at radius 3 is 2.26 bits per heavy atom. The van der Waals surface area contributed by atoms with E-state index in [1.54, 1.807) is 19.1 Å². The number of aryl methyl sites for hydroxylation is 2. The average molecular weight is 262 g/mol. The number of carbonyl (C=O) groups excluding carboxylic acids is 1. The Bertz CT molecular complexity index is 616. The smallest absolute Gasteiger partial charge is 0.349 e. The van der Waals surface area contributed by atoms with Crippen molar-refractivity contribution < 1.29 is 18.3 Å². The van der Waals surface area contributed by atoms with E-state index in [4.69, 9.17) is 4.74 Å². The van der Waals surface area contributed by atoms with Crippen LogP contribution < -0.4 is 4.74 Å². The molecule has 0 spiro atoms. The highest BCUT2D eigenvalue weighted by atomic mass is 19.1. The van der Waals surface area contributed by atoms with Gasteiger partial charge in [0.25, 0.3) is 0 Å². The van der Waals surface area contributed by atoms with E-state index in [0.717, 1.165) is 23.3 Å². The van der Waals surface area contributed by atoms with Gasteiger partial charge in [-0.2, -0.15) is 0 Å². The second-order valence-electron chi connectivity index (χ2n) is 4.26. The molecule has 0 fully saturated rings. The molecule has 2 nitrogen and oxygen atoms in total. The summed E-state index contributed by atoms with van der Waals surface area (Å²) < 4.78 is 31.9. The van der Waals surface area contributed by atoms with Gasteiger partial charge >= 0.3 is 5.97 Å². The van der Waals surface area contributed by atoms with E-state index in [2.05, 4.69) is 0 Å². The minimum atomic E-state index is -1.04. The molecule has 0 aliphatic rings. The molecule has 0 aliphatic carbocycles. The molecule has 0 heterocycles. The molecule has 98 valence electrons. The molecule has 0 saturated carbocycles. The van der Waals surface area contributed by atoms with Crippen molar-refractivity contribution in [1.29, 1.82) is 0 Å². The van der Waals surface area contributed by atoms with E-state index in [-0.39, 0.29) is 0 Å². The summed E-state index contributed by atoms with van der Waals surface area (Å²) in [7, 11) is 0. The molecule has 0 atom stereocenters. The number of esters is 1. The zero-order valence-electron chi connectivity index (χ0n) is 10.5. The summed E-state index contributed by atoms with van der Waals surface area (Å²) in [6.07, 6.45) is 0. The number of hydrogen-bond donors (Lipinski definition) is 0. The lowest BCUT2D eigenvalue weighted by Gasteiger charge is -2.09. The van der Waals surface area contributed by atoms with Gasteiger partial charge in [0.2, 0.25) is 0 Å².